The number of nitrogens with two attached hydrogens (primary N) is 1. The van der Waals surface area contributed by atoms with Crippen LogP contribution in [0.15, 0.2) is 22.9 Å². The lowest BCUT2D eigenvalue weighted by molar-refractivity contribution is 0.391. The normalized spacial score (nSPS) is 25.0. The molecule has 2 N–H and O–H groups in total. The number of aromatic nitrogens is 1. The van der Waals surface area contributed by atoms with E-state index < -0.39 is 0 Å². The van der Waals surface area contributed by atoms with E-state index in [1.54, 1.807) is 22.7 Å². The summed E-state index contributed by atoms with van der Waals surface area (Å²) in [7, 11) is 0. The molecule has 1 saturated carbocycles. The van der Waals surface area contributed by atoms with E-state index in [0.29, 0.717) is 12.0 Å². The zero-order valence-corrected chi connectivity index (χ0v) is 11.3. The van der Waals surface area contributed by atoms with Crippen molar-refractivity contribution < 1.29 is 0 Å². The first-order valence-electron chi connectivity index (χ1n) is 6.08. The van der Waals surface area contributed by atoms with E-state index in [9.17, 15) is 0 Å². The van der Waals surface area contributed by atoms with Crippen molar-refractivity contribution in [2.75, 3.05) is 0 Å². The van der Waals surface area contributed by atoms with E-state index in [-0.39, 0.29) is 0 Å². The molecule has 0 spiro atoms. The molecule has 1 aliphatic carbocycles. The Morgan fingerprint density at radius 1 is 1.18 bits per heavy atom. The molecular formula is C13H16N2S2. The lowest BCUT2D eigenvalue weighted by Crippen LogP contribution is -2.25. The minimum atomic E-state index is 0.418. The van der Waals surface area contributed by atoms with Gasteiger partial charge in [-0.05, 0) is 37.1 Å². The molecule has 2 aromatic rings. The van der Waals surface area contributed by atoms with Gasteiger partial charge in [0, 0.05) is 17.3 Å². The number of nitrogens with zero attached hydrogens (tertiary/aromatic N) is 1. The third-order valence-electron chi connectivity index (χ3n) is 3.44. The fourth-order valence-corrected chi connectivity index (χ4v) is 4.12. The Morgan fingerprint density at radius 2 is 2.00 bits per heavy atom. The lowest BCUT2D eigenvalue weighted by Gasteiger charge is -2.24. The Labute approximate surface area is 110 Å². The molecule has 2 heterocycles. The SMILES string of the molecule is NC1CCC(c2csc(-c3cccs3)n2)CC1. The van der Waals surface area contributed by atoms with Crippen LogP contribution >= 0.6 is 22.7 Å². The van der Waals surface area contributed by atoms with Crippen LogP contribution in [0.3, 0.4) is 0 Å². The second-order valence-electron chi connectivity index (χ2n) is 4.67. The quantitative estimate of drug-likeness (QED) is 0.894. The Hall–Kier alpha value is -0.710. The first-order chi connectivity index (χ1) is 8.33. The summed E-state index contributed by atoms with van der Waals surface area (Å²) < 4.78 is 0. The van der Waals surface area contributed by atoms with Gasteiger partial charge in [-0.2, -0.15) is 0 Å². The maximum Gasteiger partial charge on any atom is 0.133 e. The van der Waals surface area contributed by atoms with Crippen LogP contribution in [0.1, 0.15) is 37.3 Å². The van der Waals surface area contributed by atoms with E-state index in [0.717, 1.165) is 12.8 Å². The molecule has 1 aliphatic rings. The average molecular weight is 264 g/mol. The van der Waals surface area contributed by atoms with Crippen LogP contribution < -0.4 is 5.73 Å². The van der Waals surface area contributed by atoms with Crippen LogP contribution in [0.25, 0.3) is 9.88 Å². The molecule has 0 aliphatic heterocycles. The molecular weight excluding hydrogens is 248 g/mol. The topological polar surface area (TPSA) is 38.9 Å². The molecule has 1 fully saturated rings. The van der Waals surface area contributed by atoms with Gasteiger partial charge in [0.15, 0.2) is 0 Å². The van der Waals surface area contributed by atoms with Crippen LogP contribution in [0.4, 0.5) is 0 Å². The number of rotatable bonds is 2. The van der Waals surface area contributed by atoms with Gasteiger partial charge in [0.1, 0.15) is 5.01 Å². The predicted octanol–water partition coefficient (Wildman–Crippen LogP) is 3.86. The molecule has 0 aromatic carbocycles. The maximum absolute atomic E-state index is 5.94. The summed E-state index contributed by atoms with van der Waals surface area (Å²) in [6, 6.07) is 4.65. The zero-order chi connectivity index (χ0) is 11.7. The predicted molar refractivity (Wildman–Crippen MR) is 74.6 cm³/mol. The van der Waals surface area contributed by atoms with Crippen molar-refractivity contribution in [1.82, 2.24) is 4.98 Å². The van der Waals surface area contributed by atoms with Gasteiger partial charge in [-0.3, -0.25) is 0 Å². The first-order valence-corrected chi connectivity index (χ1v) is 7.84. The van der Waals surface area contributed by atoms with E-state index in [2.05, 4.69) is 22.9 Å². The van der Waals surface area contributed by atoms with Crippen molar-refractivity contribution in [2.45, 2.75) is 37.6 Å². The Kier molecular flexibility index (Phi) is 3.27. The Balaban J connectivity index is 1.76. The third-order valence-corrected chi connectivity index (χ3v) is 5.34. The summed E-state index contributed by atoms with van der Waals surface area (Å²) in [5.41, 5.74) is 7.22. The maximum atomic E-state index is 5.94. The van der Waals surface area contributed by atoms with Gasteiger partial charge in [-0.15, -0.1) is 22.7 Å². The minimum Gasteiger partial charge on any atom is -0.328 e. The molecule has 2 aromatic heterocycles. The summed E-state index contributed by atoms with van der Waals surface area (Å²) in [6.45, 7) is 0. The summed E-state index contributed by atoms with van der Waals surface area (Å²) in [4.78, 5) is 6.08. The van der Waals surface area contributed by atoms with E-state index in [1.165, 1.54) is 28.4 Å². The average Bonchev–Trinajstić information content (AvgIpc) is 3.00. The first kappa shape index (κ1) is 11.4. The number of thiophene rings is 1. The Morgan fingerprint density at radius 3 is 2.71 bits per heavy atom. The molecule has 0 saturated heterocycles. The monoisotopic (exact) mass is 264 g/mol. The molecule has 2 nitrogen and oxygen atoms in total. The fourth-order valence-electron chi connectivity index (χ4n) is 2.40. The highest BCUT2D eigenvalue weighted by molar-refractivity contribution is 7.20. The highest BCUT2D eigenvalue weighted by Gasteiger charge is 2.22. The second-order valence-corrected chi connectivity index (χ2v) is 6.47. The van der Waals surface area contributed by atoms with Crippen molar-refractivity contribution in [1.29, 1.82) is 0 Å². The molecule has 0 bridgehead atoms. The van der Waals surface area contributed by atoms with Crippen molar-refractivity contribution in [3.05, 3.63) is 28.6 Å². The van der Waals surface area contributed by atoms with Crippen LogP contribution in [0.5, 0.6) is 0 Å². The smallest absolute Gasteiger partial charge is 0.133 e. The Bertz CT molecular complexity index is 467. The second kappa shape index (κ2) is 4.88. The molecule has 0 unspecified atom stereocenters. The highest BCUT2D eigenvalue weighted by atomic mass is 32.1. The van der Waals surface area contributed by atoms with Gasteiger partial charge >= 0.3 is 0 Å². The van der Waals surface area contributed by atoms with Gasteiger partial charge in [0.2, 0.25) is 0 Å². The van der Waals surface area contributed by atoms with Gasteiger partial charge < -0.3 is 5.73 Å². The minimum absolute atomic E-state index is 0.418. The van der Waals surface area contributed by atoms with Crippen LogP contribution in [-0.2, 0) is 0 Å². The van der Waals surface area contributed by atoms with E-state index in [4.69, 9.17) is 10.7 Å². The highest BCUT2D eigenvalue weighted by Crippen LogP contribution is 2.35. The standard InChI is InChI=1S/C13H16N2S2/c14-10-5-3-9(4-6-10)11-8-17-13(15-11)12-2-1-7-16-12/h1-2,7-10H,3-6,14H2. The van der Waals surface area contributed by atoms with Crippen molar-refractivity contribution in [3.8, 4) is 9.88 Å². The zero-order valence-electron chi connectivity index (χ0n) is 9.63. The van der Waals surface area contributed by atoms with Crippen LogP contribution in [-0.4, -0.2) is 11.0 Å². The molecule has 90 valence electrons. The van der Waals surface area contributed by atoms with E-state index in [1.807, 2.05) is 0 Å². The largest absolute Gasteiger partial charge is 0.328 e. The summed E-state index contributed by atoms with van der Waals surface area (Å²) in [6.07, 6.45) is 4.70. The van der Waals surface area contributed by atoms with Crippen molar-refractivity contribution in [3.63, 3.8) is 0 Å². The third kappa shape index (κ3) is 2.44. The van der Waals surface area contributed by atoms with Crippen molar-refractivity contribution >= 4 is 22.7 Å². The van der Waals surface area contributed by atoms with Crippen LogP contribution in [0, 0.1) is 0 Å². The molecule has 0 amide bonds. The summed E-state index contributed by atoms with van der Waals surface area (Å²) in [5.74, 6) is 0.639. The number of hydrogen-bond acceptors (Lipinski definition) is 4. The van der Waals surface area contributed by atoms with E-state index >= 15 is 0 Å². The fraction of sp³-hybridized carbons (Fsp3) is 0.462. The van der Waals surface area contributed by atoms with Gasteiger partial charge in [0.05, 0.1) is 10.6 Å². The summed E-state index contributed by atoms with van der Waals surface area (Å²) >= 11 is 3.53. The summed E-state index contributed by atoms with van der Waals surface area (Å²) in [5, 5.41) is 5.51. The van der Waals surface area contributed by atoms with Crippen LogP contribution in [0.2, 0.25) is 0 Å². The van der Waals surface area contributed by atoms with Gasteiger partial charge in [-0.1, -0.05) is 6.07 Å². The lowest BCUT2D eigenvalue weighted by atomic mass is 9.85. The number of hydrogen-bond donors (Lipinski definition) is 1. The van der Waals surface area contributed by atoms with Gasteiger partial charge in [-0.25, -0.2) is 4.98 Å². The molecule has 0 radical (unpaired) electrons. The van der Waals surface area contributed by atoms with Gasteiger partial charge in [0.25, 0.3) is 0 Å². The van der Waals surface area contributed by atoms with Crippen molar-refractivity contribution in [2.24, 2.45) is 5.73 Å². The number of thiazole rings is 1. The molecule has 17 heavy (non-hydrogen) atoms. The molecule has 0 atom stereocenters. The molecule has 3 rings (SSSR count). The molecule has 4 heteroatoms.